The van der Waals surface area contributed by atoms with E-state index in [-0.39, 0.29) is 5.56 Å². The Hall–Kier alpha value is -2.02. The molecule has 0 bridgehead atoms. The number of piperidine rings is 1. The van der Waals surface area contributed by atoms with E-state index >= 15 is 0 Å². The molecular formula is C14H19N5O2. The van der Waals surface area contributed by atoms with Gasteiger partial charge in [0.05, 0.1) is 12.2 Å². The van der Waals surface area contributed by atoms with Crippen LogP contribution in [-0.4, -0.2) is 37.9 Å². The van der Waals surface area contributed by atoms with Crippen LogP contribution in [0.15, 0.2) is 27.8 Å². The molecule has 0 unspecified atom stereocenters. The quantitative estimate of drug-likeness (QED) is 0.830. The maximum Gasteiger partial charge on any atom is 0.266 e. The van der Waals surface area contributed by atoms with Crippen molar-refractivity contribution in [1.29, 1.82) is 0 Å². The van der Waals surface area contributed by atoms with Crippen molar-refractivity contribution < 1.29 is 4.52 Å². The van der Waals surface area contributed by atoms with E-state index in [9.17, 15) is 4.79 Å². The Morgan fingerprint density at radius 3 is 2.86 bits per heavy atom. The molecule has 0 radical (unpaired) electrons. The molecule has 2 aromatic heterocycles. The van der Waals surface area contributed by atoms with Gasteiger partial charge in [-0.3, -0.25) is 9.69 Å². The first-order valence-corrected chi connectivity index (χ1v) is 7.23. The molecule has 2 aromatic rings. The van der Waals surface area contributed by atoms with Crippen molar-refractivity contribution in [3.05, 3.63) is 40.4 Å². The topological polar surface area (TPSA) is 77.0 Å². The molecule has 1 aliphatic rings. The molecule has 0 atom stereocenters. The molecule has 0 spiro atoms. The first-order valence-electron chi connectivity index (χ1n) is 7.23. The monoisotopic (exact) mass is 289 g/mol. The number of nitrogens with zero attached hydrogens (tertiary/aromatic N) is 5. The second-order valence-electron chi connectivity index (χ2n) is 5.56. The zero-order valence-corrected chi connectivity index (χ0v) is 12.1. The van der Waals surface area contributed by atoms with Crippen molar-refractivity contribution in [2.45, 2.75) is 32.9 Å². The minimum Gasteiger partial charge on any atom is -0.343 e. The maximum atomic E-state index is 11.8. The van der Waals surface area contributed by atoms with Gasteiger partial charge in [-0.1, -0.05) is 5.16 Å². The Bertz CT molecular complexity index is 629. The van der Waals surface area contributed by atoms with Crippen molar-refractivity contribution in [3.8, 4) is 0 Å². The van der Waals surface area contributed by atoms with E-state index in [4.69, 9.17) is 4.52 Å². The number of hydrogen-bond donors (Lipinski definition) is 0. The Balaban J connectivity index is 1.54. The minimum atomic E-state index is -0.0187. The van der Waals surface area contributed by atoms with Gasteiger partial charge in [0.1, 0.15) is 0 Å². The zero-order chi connectivity index (χ0) is 14.7. The summed E-state index contributed by atoms with van der Waals surface area (Å²) in [6, 6.07) is 3.35. The molecule has 0 N–H and O–H groups in total. The lowest BCUT2D eigenvalue weighted by molar-refractivity contribution is 0.159. The number of hydrogen-bond acceptors (Lipinski definition) is 6. The van der Waals surface area contributed by atoms with Crippen LogP contribution < -0.4 is 5.56 Å². The summed E-state index contributed by atoms with van der Waals surface area (Å²) in [5.41, 5.74) is 0.860. The number of aromatic nitrogens is 4. The highest BCUT2D eigenvalue weighted by atomic mass is 16.5. The lowest BCUT2D eigenvalue weighted by Crippen LogP contribution is -2.36. The molecule has 7 nitrogen and oxygen atoms in total. The summed E-state index contributed by atoms with van der Waals surface area (Å²) < 4.78 is 6.34. The molecule has 112 valence electrons. The molecule has 3 rings (SSSR count). The molecule has 7 heteroatoms. The molecule has 0 aliphatic carbocycles. The highest BCUT2D eigenvalue weighted by Gasteiger charge is 2.21. The lowest BCUT2D eigenvalue weighted by Gasteiger charge is -2.31. The van der Waals surface area contributed by atoms with Gasteiger partial charge in [-0.2, -0.15) is 10.1 Å². The van der Waals surface area contributed by atoms with Crippen LogP contribution >= 0.6 is 0 Å². The van der Waals surface area contributed by atoms with Crippen LogP contribution in [0.3, 0.4) is 0 Å². The van der Waals surface area contributed by atoms with Gasteiger partial charge in [-0.05, 0) is 44.8 Å². The highest BCUT2D eigenvalue weighted by molar-refractivity contribution is 4.97. The number of rotatable bonds is 4. The smallest absolute Gasteiger partial charge is 0.266 e. The lowest BCUT2D eigenvalue weighted by atomic mass is 9.97. The van der Waals surface area contributed by atoms with Crippen LogP contribution in [-0.2, 0) is 13.1 Å². The third-order valence-electron chi connectivity index (χ3n) is 3.91. The summed E-state index contributed by atoms with van der Waals surface area (Å²) in [5, 5.41) is 8.14. The van der Waals surface area contributed by atoms with Crippen molar-refractivity contribution in [1.82, 2.24) is 24.8 Å². The molecular weight excluding hydrogens is 270 g/mol. The summed E-state index contributed by atoms with van der Waals surface area (Å²) in [4.78, 5) is 18.1. The van der Waals surface area contributed by atoms with E-state index in [1.54, 1.807) is 16.8 Å². The molecule has 1 aliphatic heterocycles. The fraction of sp³-hybridized carbons (Fsp3) is 0.571. The molecule has 0 saturated carbocycles. The predicted molar refractivity (Wildman–Crippen MR) is 75.5 cm³/mol. The molecule has 21 heavy (non-hydrogen) atoms. The first-order chi connectivity index (χ1) is 10.2. The third-order valence-corrected chi connectivity index (χ3v) is 3.91. The first kappa shape index (κ1) is 13.9. The van der Waals surface area contributed by atoms with Crippen LogP contribution in [0.25, 0.3) is 0 Å². The molecule has 0 amide bonds. The van der Waals surface area contributed by atoms with E-state index in [0.717, 1.165) is 44.0 Å². The predicted octanol–water partition coefficient (Wildman–Crippen LogP) is 0.847. The second kappa shape index (κ2) is 6.17. The maximum absolute atomic E-state index is 11.8. The van der Waals surface area contributed by atoms with Crippen LogP contribution in [0.5, 0.6) is 0 Å². The van der Waals surface area contributed by atoms with Crippen LogP contribution in [0.2, 0.25) is 0 Å². The Morgan fingerprint density at radius 2 is 2.14 bits per heavy atom. The Morgan fingerprint density at radius 1 is 1.33 bits per heavy atom. The normalized spacial score (nSPS) is 17.2. The van der Waals surface area contributed by atoms with Gasteiger partial charge in [0, 0.05) is 12.6 Å². The van der Waals surface area contributed by atoms with E-state index in [2.05, 4.69) is 20.1 Å². The van der Waals surface area contributed by atoms with Crippen molar-refractivity contribution in [2.24, 2.45) is 5.92 Å². The molecule has 0 aromatic carbocycles. The van der Waals surface area contributed by atoms with Gasteiger partial charge in [0.2, 0.25) is 6.39 Å². The third kappa shape index (κ3) is 3.55. The number of aryl methyl sites for hydroxylation is 1. The SMILES string of the molecule is Cc1ccc(=O)n(CC2CCN(Cc3ncon3)CC2)n1. The standard InChI is InChI=1S/C14H19N5O2/c1-11-2-3-14(20)19(16-11)8-12-4-6-18(7-5-12)9-13-15-10-21-17-13/h2-3,10,12H,4-9H2,1H3. The van der Waals surface area contributed by atoms with Crippen molar-refractivity contribution in [3.63, 3.8) is 0 Å². The van der Waals surface area contributed by atoms with Gasteiger partial charge in [0.15, 0.2) is 5.82 Å². The number of likely N-dealkylation sites (tertiary alicyclic amines) is 1. The van der Waals surface area contributed by atoms with E-state index in [1.165, 1.54) is 6.39 Å². The summed E-state index contributed by atoms with van der Waals surface area (Å²) in [7, 11) is 0. The second-order valence-corrected chi connectivity index (χ2v) is 5.56. The highest BCUT2D eigenvalue weighted by Crippen LogP contribution is 2.19. The molecule has 1 saturated heterocycles. The Kier molecular flexibility index (Phi) is 4.10. The van der Waals surface area contributed by atoms with E-state index in [1.807, 2.05) is 6.92 Å². The van der Waals surface area contributed by atoms with Gasteiger partial charge < -0.3 is 4.52 Å². The fourth-order valence-electron chi connectivity index (χ4n) is 2.72. The van der Waals surface area contributed by atoms with Crippen LogP contribution in [0.1, 0.15) is 24.4 Å². The summed E-state index contributed by atoms with van der Waals surface area (Å²) >= 11 is 0. The van der Waals surface area contributed by atoms with E-state index < -0.39 is 0 Å². The minimum absolute atomic E-state index is 0.0187. The summed E-state index contributed by atoms with van der Waals surface area (Å²) in [6.07, 6.45) is 3.47. The van der Waals surface area contributed by atoms with Gasteiger partial charge in [0.25, 0.3) is 5.56 Å². The van der Waals surface area contributed by atoms with E-state index in [0.29, 0.717) is 12.5 Å². The van der Waals surface area contributed by atoms with Gasteiger partial charge in [-0.25, -0.2) is 4.68 Å². The molecule has 3 heterocycles. The largest absolute Gasteiger partial charge is 0.343 e. The van der Waals surface area contributed by atoms with Crippen molar-refractivity contribution >= 4 is 0 Å². The summed E-state index contributed by atoms with van der Waals surface area (Å²) in [5.74, 6) is 1.23. The Labute approximate surface area is 122 Å². The zero-order valence-electron chi connectivity index (χ0n) is 12.1. The van der Waals surface area contributed by atoms with Crippen molar-refractivity contribution in [2.75, 3.05) is 13.1 Å². The molecule has 1 fully saturated rings. The average Bonchev–Trinajstić information content (AvgIpc) is 2.98. The fourth-order valence-corrected chi connectivity index (χ4v) is 2.72. The van der Waals surface area contributed by atoms with Crippen LogP contribution in [0.4, 0.5) is 0 Å². The van der Waals surface area contributed by atoms with Crippen LogP contribution in [0, 0.1) is 12.8 Å². The average molecular weight is 289 g/mol. The summed E-state index contributed by atoms with van der Waals surface area (Å²) in [6.45, 7) is 5.31. The van der Waals surface area contributed by atoms with Gasteiger partial charge in [-0.15, -0.1) is 0 Å². The van der Waals surface area contributed by atoms with Gasteiger partial charge >= 0.3 is 0 Å².